The Bertz CT molecular complexity index is 508. The van der Waals surface area contributed by atoms with Gasteiger partial charge in [0.25, 0.3) is 0 Å². The topological polar surface area (TPSA) is 93.1 Å². The molecule has 0 heterocycles. The van der Waals surface area contributed by atoms with E-state index in [0.717, 1.165) is 51.4 Å². The Hall–Kier alpha value is 0.300. The Balaban J connectivity index is 0.000000300. The van der Waals surface area contributed by atoms with Crippen molar-refractivity contribution in [2.24, 2.45) is 0 Å². The SMILES string of the molecule is CCCCP(=O)(OCC)[C@@H]1CC[C@H](O)C1.CCCCP(=O)(OCC)[C@H]1CC[C@@H](O)C1. The van der Waals surface area contributed by atoms with Gasteiger partial charge in [-0.25, -0.2) is 0 Å². The zero-order chi connectivity index (χ0) is 22.6. The fraction of sp³-hybridized carbons (Fsp3) is 1.00. The first kappa shape index (κ1) is 28.3. The molecule has 2 fully saturated rings. The summed E-state index contributed by atoms with van der Waals surface area (Å²) >= 11 is 0. The van der Waals surface area contributed by atoms with Gasteiger partial charge in [0.05, 0.1) is 25.4 Å². The summed E-state index contributed by atoms with van der Waals surface area (Å²) < 4.78 is 36.2. The van der Waals surface area contributed by atoms with Gasteiger partial charge in [0.1, 0.15) is 0 Å². The molecule has 2 unspecified atom stereocenters. The Morgan fingerprint density at radius 2 is 1.07 bits per heavy atom. The molecule has 2 aliphatic rings. The summed E-state index contributed by atoms with van der Waals surface area (Å²) in [6, 6.07) is 0. The molecule has 0 aromatic carbocycles. The molecule has 2 aliphatic carbocycles. The molecule has 0 spiro atoms. The molecule has 0 aromatic rings. The summed E-state index contributed by atoms with van der Waals surface area (Å²) in [6.07, 6.45) is 9.51. The number of aliphatic hydroxyl groups is 2. The summed E-state index contributed by atoms with van der Waals surface area (Å²) in [5, 5.41) is 19.0. The number of aliphatic hydroxyl groups excluding tert-OH is 2. The molecule has 0 radical (unpaired) electrons. The van der Waals surface area contributed by atoms with Gasteiger partial charge in [0, 0.05) is 23.6 Å². The highest BCUT2D eigenvalue weighted by molar-refractivity contribution is 7.60. The molecule has 0 aliphatic heterocycles. The van der Waals surface area contributed by atoms with E-state index in [1.54, 1.807) is 0 Å². The third-order valence-corrected chi connectivity index (χ3v) is 12.6. The molecule has 2 rings (SSSR count). The van der Waals surface area contributed by atoms with Gasteiger partial charge in [-0.2, -0.15) is 0 Å². The Kier molecular flexibility index (Phi) is 13.6. The van der Waals surface area contributed by atoms with E-state index in [9.17, 15) is 19.3 Å². The first-order valence-corrected chi connectivity index (χ1v) is 15.8. The lowest BCUT2D eigenvalue weighted by molar-refractivity contribution is 0.182. The average molecular weight is 469 g/mol. The molecule has 30 heavy (non-hydrogen) atoms. The van der Waals surface area contributed by atoms with Crippen LogP contribution < -0.4 is 0 Å². The summed E-state index contributed by atoms with van der Waals surface area (Å²) in [6.45, 7) is 9.02. The van der Waals surface area contributed by atoms with Crippen LogP contribution in [0.5, 0.6) is 0 Å². The van der Waals surface area contributed by atoms with E-state index in [4.69, 9.17) is 9.05 Å². The van der Waals surface area contributed by atoms with Crippen LogP contribution in [0.25, 0.3) is 0 Å². The molecule has 0 aromatic heterocycles. The van der Waals surface area contributed by atoms with Crippen molar-refractivity contribution in [3.63, 3.8) is 0 Å². The van der Waals surface area contributed by atoms with Crippen molar-refractivity contribution in [3.05, 3.63) is 0 Å². The smallest absolute Gasteiger partial charge is 0.206 e. The second-order valence-electron chi connectivity index (χ2n) is 8.68. The minimum atomic E-state index is -2.48. The third-order valence-electron chi connectivity index (χ3n) is 6.21. The zero-order valence-electron chi connectivity index (χ0n) is 19.6. The maximum absolute atomic E-state index is 12.6. The lowest BCUT2D eigenvalue weighted by atomic mass is 10.3. The van der Waals surface area contributed by atoms with E-state index in [2.05, 4.69) is 13.8 Å². The van der Waals surface area contributed by atoms with E-state index in [1.807, 2.05) is 13.8 Å². The van der Waals surface area contributed by atoms with Crippen molar-refractivity contribution in [1.82, 2.24) is 0 Å². The van der Waals surface area contributed by atoms with Crippen LogP contribution in [-0.2, 0) is 18.2 Å². The molecular weight excluding hydrogens is 422 g/mol. The lowest BCUT2D eigenvalue weighted by Gasteiger charge is -2.23. The fourth-order valence-electron chi connectivity index (χ4n) is 4.48. The Morgan fingerprint density at radius 3 is 1.30 bits per heavy atom. The van der Waals surface area contributed by atoms with Gasteiger partial charge in [-0.3, -0.25) is 9.13 Å². The molecule has 8 heteroatoms. The molecular formula is C22H46O6P2. The number of hydrogen-bond donors (Lipinski definition) is 2. The molecule has 180 valence electrons. The number of rotatable bonds is 12. The molecule has 0 saturated heterocycles. The van der Waals surface area contributed by atoms with Crippen molar-refractivity contribution in [3.8, 4) is 0 Å². The predicted molar refractivity (Wildman–Crippen MR) is 125 cm³/mol. The van der Waals surface area contributed by atoms with Crippen molar-refractivity contribution in [1.29, 1.82) is 0 Å². The second-order valence-corrected chi connectivity index (χ2v) is 14.5. The van der Waals surface area contributed by atoms with Crippen LogP contribution in [0.15, 0.2) is 0 Å². The van der Waals surface area contributed by atoms with E-state index in [0.29, 0.717) is 38.4 Å². The molecule has 6 nitrogen and oxygen atoms in total. The summed E-state index contributed by atoms with van der Waals surface area (Å²) in [5.74, 6) is 0. The van der Waals surface area contributed by atoms with E-state index in [1.165, 1.54) is 0 Å². The van der Waals surface area contributed by atoms with Crippen molar-refractivity contribution < 1.29 is 28.4 Å². The molecule has 6 atom stereocenters. The molecule has 2 N–H and O–H groups in total. The van der Waals surface area contributed by atoms with Gasteiger partial charge in [-0.05, 0) is 65.2 Å². The first-order chi connectivity index (χ1) is 14.2. The standard InChI is InChI=1S/2C11H23O3P/c2*1-3-5-8-15(13,14-4-2)11-7-6-10(12)9-11/h2*10-12H,3-9H2,1-2H3/t2*10-,11+,15?/m10/s1. The minimum Gasteiger partial charge on any atom is -0.393 e. The van der Waals surface area contributed by atoms with Gasteiger partial charge < -0.3 is 19.3 Å². The van der Waals surface area contributed by atoms with Crippen LogP contribution in [0.4, 0.5) is 0 Å². The average Bonchev–Trinajstić information content (AvgIpc) is 3.35. The van der Waals surface area contributed by atoms with Crippen molar-refractivity contribution >= 4 is 14.7 Å². The van der Waals surface area contributed by atoms with Crippen LogP contribution in [0.3, 0.4) is 0 Å². The predicted octanol–water partition coefficient (Wildman–Crippen LogP) is 6.03. The zero-order valence-corrected chi connectivity index (χ0v) is 21.4. The van der Waals surface area contributed by atoms with Crippen molar-refractivity contribution in [2.75, 3.05) is 25.5 Å². The highest BCUT2D eigenvalue weighted by Gasteiger charge is 2.39. The Morgan fingerprint density at radius 1 is 0.700 bits per heavy atom. The van der Waals surface area contributed by atoms with Crippen LogP contribution in [0.2, 0.25) is 0 Å². The maximum Gasteiger partial charge on any atom is 0.206 e. The van der Waals surface area contributed by atoms with Gasteiger partial charge in [-0.1, -0.05) is 26.7 Å². The van der Waals surface area contributed by atoms with E-state index >= 15 is 0 Å². The highest BCUT2D eigenvalue weighted by Crippen LogP contribution is 2.58. The van der Waals surface area contributed by atoms with Crippen LogP contribution >= 0.6 is 14.7 Å². The van der Waals surface area contributed by atoms with Crippen LogP contribution in [0.1, 0.15) is 91.9 Å². The normalized spacial score (nSPS) is 30.3. The van der Waals surface area contributed by atoms with E-state index in [-0.39, 0.29) is 23.5 Å². The number of hydrogen-bond acceptors (Lipinski definition) is 6. The minimum absolute atomic E-state index is 0.110. The second kappa shape index (κ2) is 14.4. The third kappa shape index (κ3) is 9.04. The van der Waals surface area contributed by atoms with Crippen LogP contribution in [-0.4, -0.2) is 59.3 Å². The lowest BCUT2D eigenvalue weighted by Crippen LogP contribution is -2.11. The first-order valence-electron chi connectivity index (χ1n) is 12.1. The van der Waals surface area contributed by atoms with Gasteiger partial charge in [0.15, 0.2) is 0 Å². The quantitative estimate of drug-likeness (QED) is 0.340. The fourth-order valence-corrected chi connectivity index (χ4v) is 10.5. The Labute approximate surface area is 184 Å². The highest BCUT2D eigenvalue weighted by atomic mass is 31.2. The van der Waals surface area contributed by atoms with Crippen molar-refractivity contribution in [2.45, 2.75) is 115 Å². The molecule has 0 bridgehead atoms. The number of unbranched alkanes of at least 4 members (excludes halogenated alkanes) is 2. The molecule has 2 saturated carbocycles. The summed E-state index contributed by atoms with van der Waals surface area (Å²) in [7, 11) is -4.96. The summed E-state index contributed by atoms with van der Waals surface area (Å²) in [4.78, 5) is 0. The van der Waals surface area contributed by atoms with E-state index < -0.39 is 14.7 Å². The maximum atomic E-state index is 12.6. The van der Waals surface area contributed by atoms with Gasteiger partial charge in [-0.15, -0.1) is 0 Å². The van der Waals surface area contributed by atoms with Gasteiger partial charge in [0.2, 0.25) is 14.7 Å². The monoisotopic (exact) mass is 468 g/mol. The van der Waals surface area contributed by atoms with Crippen LogP contribution in [0, 0.1) is 0 Å². The molecule has 0 amide bonds. The summed E-state index contributed by atoms with van der Waals surface area (Å²) in [5.41, 5.74) is 0.220. The largest absolute Gasteiger partial charge is 0.393 e. The van der Waals surface area contributed by atoms with Gasteiger partial charge >= 0.3 is 0 Å².